The first-order valence-electron chi connectivity index (χ1n) is 5.98. The van der Waals surface area contributed by atoms with Gasteiger partial charge in [0.2, 0.25) is 5.91 Å². The molecule has 1 rings (SSSR count). The molecule has 0 radical (unpaired) electrons. The standard InChI is InChI=1S/C12H22N2O3/c1-12(2,13-3)11(16)14-7-5-9(6-8-14)10(15)17-4/h9,13H,5-8H2,1-4H3. The molecule has 0 atom stereocenters. The molecule has 1 aliphatic rings. The Bertz CT molecular complexity index is 294. The summed E-state index contributed by atoms with van der Waals surface area (Å²) < 4.78 is 4.72. The van der Waals surface area contributed by atoms with Gasteiger partial charge < -0.3 is 15.0 Å². The zero-order valence-electron chi connectivity index (χ0n) is 11.1. The van der Waals surface area contributed by atoms with E-state index in [-0.39, 0.29) is 17.8 Å². The van der Waals surface area contributed by atoms with E-state index < -0.39 is 5.54 Å². The number of likely N-dealkylation sites (N-methyl/N-ethyl adjacent to an activating group) is 1. The molecule has 98 valence electrons. The Balaban J connectivity index is 2.52. The quantitative estimate of drug-likeness (QED) is 0.728. The fraction of sp³-hybridized carbons (Fsp3) is 0.833. The summed E-state index contributed by atoms with van der Waals surface area (Å²) in [5, 5.41) is 3.00. The van der Waals surface area contributed by atoms with E-state index in [0.717, 1.165) is 0 Å². The third kappa shape index (κ3) is 3.19. The van der Waals surface area contributed by atoms with Gasteiger partial charge in [-0.1, -0.05) is 0 Å². The average molecular weight is 242 g/mol. The second-order valence-corrected chi connectivity index (χ2v) is 4.96. The molecule has 0 saturated carbocycles. The number of hydrogen-bond acceptors (Lipinski definition) is 4. The van der Waals surface area contributed by atoms with E-state index in [4.69, 9.17) is 4.74 Å². The molecule has 1 heterocycles. The van der Waals surface area contributed by atoms with Crippen molar-refractivity contribution in [2.45, 2.75) is 32.2 Å². The molecule has 1 N–H and O–H groups in total. The number of nitrogens with one attached hydrogen (secondary N) is 1. The SMILES string of the molecule is CNC(C)(C)C(=O)N1CCC(C(=O)OC)CC1. The van der Waals surface area contributed by atoms with Crippen LogP contribution in [0.15, 0.2) is 0 Å². The molecular weight excluding hydrogens is 220 g/mol. The predicted octanol–water partition coefficient (Wildman–Crippen LogP) is 0.396. The number of carbonyl (C=O) groups excluding carboxylic acids is 2. The zero-order chi connectivity index (χ0) is 13.1. The fourth-order valence-electron chi connectivity index (χ4n) is 1.99. The van der Waals surface area contributed by atoms with Crippen LogP contribution in [0.4, 0.5) is 0 Å². The van der Waals surface area contributed by atoms with Gasteiger partial charge in [0.05, 0.1) is 18.6 Å². The molecular formula is C12H22N2O3. The summed E-state index contributed by atoms with van der Waals surface area (Å²) in [6, 6.07) is 0. The molecule has 0 aliphatic carbocycles. The molecule has 0 spiro atoms. The highest BCUT2D eigenvalue weighted by atomic mass is 16.5. The van der Waals surface area contributed by atoms with Crippen LogP contribution in [0.1, 0.15) is 26.7 Å². The molecule has 0 aromatic carbocycles. The minimum Gasteiger partial charge on any atom is -0.469 e. The molecule has 5 heteroatoms. The van der Waals surface area contributed by atoms with Crippen LogP contribution in [-0.4, -0.2) is 49.6 Å². The Labute approximate surface area is 102 Å². The molecule has 1 saturated heterocycles. The normalized spacial score (nSPS) is 18.0. The molecule has 0 unspecified atom stereocenters. The predicted molar refractivity (Wildman–Crippen MR) is 64.5 cm³/mol. The molecule has 5 nitrogen and oxygen atoms in total. The number of nitrogens with zero attached hydrogens (tertiary/aromatic N) is 1. The van der Waals surface area contributed by atoms with Crippen molar-refractivity contribution in [1.29, 1.82) is 0 Å². The lowest BCUT2D eigenvalue weighted by atomic mass is 9.95. The minimum atomic E-state index is -0.544. The molecule has 1 aliphatic heterocycles. The third-order valence-electron chi connectivity index (χ3n) is 3.48. The summed E-state index contributed by atoms with van der Waals surface area (Å²) in [6.07, 6.45) is 1.39. The molecule has 0 aromatic rings. The molecule has 1 fully saturated rings. The van der Waals surface area contributed by atoms with Gasteiger partial charge >= 0.3 is 5.97 Å². The summed E-state index contributed by atoms with van der Waals surface area (Å²) in [4.78, 5) is 25.3. The number of rotatable bonds is 3. The zero-order valence-corrected chi connectivity index (χ0v) is 11.1. The minimum absolute atomic E-state index is 0.0539. The average Bonchev–Trinajstić information content (AvgIpc) is 2.37. The first kappa shape index (κ1) is 14.0. The number of hydrogen-bond donors (Lipinski definition) is 1. The number of esters is 1. The highest BCUT2D eigenvalue weighted by Gasteiger charge is 2.34. The third-order valence-corrected chi connectivity index (χ3v) is 3.48. The van der Waals surface area contributed by atoms with Crippen LogP contribution in [-0.2, 0) is 14.3 Å². The van der Waals surface area contributed by atoms with Crippen molar-refractivity contribution in [2.75, 3.05) is 27.2 Å². The molecule has 0 bridgehead atoms. The van der Waals surface area contributed by atoms with Crippen molar-refractivity contribution in [3.8, 4) is 0 Å². The molecule has 0 aromatic heterocycles. The van der Waals surface area contributed by atoms with Crippen LogP contribution < -0.4 is 5.32 Å². The smallest absolute Gasteiger partial charge is 0.308 e. The van der Waals surface area contributed by atoms with Crippen LogP contribution >= 0.6 is 0 Å². The lowest BCUT2D eigenvalue weighted by molar-refractivity contribution is -0.149. The van der Waals surface area contributed by atoms with Crippen LogP contribution in [0.3, 0.4) is 0 Å². The van der Waals surface area contributed by atoms with Gasteiger partial charge in [0, 0.05) is 13.1 Å². The van der Waals surface area contributed by atoms with Crippen molar-refractivity contribution in [3.05, 3.63) is 0 Å². The van der Waals surface area contributed by atoms with E-state index in [1.165, 1.54) is 7.11 Å². The molecule has 1 amide bonds. The van der Waals surface area contributed by atoms with Gasteiger partial charge in [0.15, 0.2) is 0 Å². The van der Waals surface area contributed by atoms with E-state index >= 15 is 0 Å². The number of carbonyl (C=O) groups is 2. The largest absolute Gasteiger partial charge is 0.469 e. The van der Waals surface area contributed by atoms with Crippen LogP contribution in [0, 0.1) is 5.92 Å². The Morgan fingerprint density at radius 3 is 2.24 bits per heavy atom. The van der Waals surface area contributed by atoms with E-state index in [9.17, 15) is 9.59 Å². The van der Waals surface area contributed by atoms with Crippen LogP contribution in [0.25, 0.3) is 0 Å². The van der Waals surface area contributed by atoms with Crippen molar-refractivity contribution < 1.29 is 14.3 Å². The lowest BCUT2D eigenvalue weighted by Gasteiger charge is -2.36. The summed E-state index contributed by atoms with van der Waals surface area (Å²) in [5.74, 6) is -0.130. The highest BCUT2D eigenvalue weighted by molar-refractivity contribution is 5.85. The maximum atomic E-state index is 12.1. The van der Waals surface area contributed by atoms with Crippen molar-refractivity contribution >= 4 is 11.9 Å². The molecule has 17 heavy (non-hydrogen) atoms. The van der Waals surface area contributed by atoms with E-state index in [1.807, 2.05) is 18.7 Å². The topological polar surface area (TPSA) is 58.6 Å². The fourth-order valence-corrected chi connectivity index (χ4v) is 1.99. The maximum Gasteiger partial charge on any atom is 0.308 e. The number of ether oxygens (including phenoxy) is 1. The van der Waals surface area contributed by atoms with Gasteiger partial charge in [-0.05, 0) is 33.7 Å². The van der Waals surface area contributed by atoms with E-state index in [2.05, 4.69) is 5.32 Å². The number of methoxy groups -OCH3 is 1. The van der Waals surface area contributed by atoms with E-state index in [1.54, 1.807) is 7.05 Å². The Kier molecular flexibility index (Phi) is 4.51. The Hall–Kier alpha value is -1.10. The van der Waals surface area contributed by atoms with Crippen molar-refractivity contribution in [2.24, 2.45) is 5.92 Å². The second kappa shape index (κ2) is 5.49. The van der Waals surface area contributed by atoms with Crippen LogP contribution in [0.5, 0.6) is 0 Å². The van der Waals surface area contributed by atoms with Gasteiger partial charge in [0.25, 0.3) is 0 Å². The Morgan fingerprint density at radius 2 is 1.82 bits per heavy atom. The lowest BCUT2D eigenvalue weighted by Crippen LogP contribution is -2.54. The van der Waals surface area contributed by atoms with E-state index in [0.29, 0.717) is 25.9 Å². The van der Waals surface area contributed by atoms with Crippen molar-refractivity contribution in [1.82, 2.24) is 10.2 Å². The monoisotopic (exact) mass is 242 g/mol. The van der Waals surface area contributed by atoms with Gasteiger partial charge in [-0.15, -0.1) is 0 Å². The van der Waals surface area contributed by atoms with Gasteiger partial charge in [-0.3, -0.25) is 9.59 Å². The number of likely N-dealkylation sites (tertiary alicyclic amines) is 1. The van der Waals surface area contributed by atoms with Gasteiger partial charge in [0.1, 0.15) is 0 Å². The number of piperidine rings is 1. The van der Waals surface area contributed by atoms with Gasteiger partial charge in [-0.2, -0.15) is 0 Å². The van der Waals surface area contributed by atoms with Crippen molar-refractivity contribution in [3.63, 3.8) is 0 Å². The summed E-state index contributed by atoms with van der Waals surface area (Å²) in [6.45, 7) is 4.98. The first-order valence-corrected chi connectivity index (χ1v) is 5.98. The second-order valence-electron chi connectivity index (χ2n) is 4.96. The Morgan fingerprint density at radius 1 is 1.29 bits per heavy atom. The van der Waals surface area contributed by atoms with Gasteiger partial charge in [-0.25, -0.2) is 0 Å². The summed E-state index contributed by atoms with van der Waals surface area (Å²) >= 11 is 0. The number of amides is 1. The first-order chi connectivity index (χ1) is 7.92. The highest BCUT2D eigenvalue weighted by Crippen LogP contribution is 2.20. The maximum absolute atomic E-state index is 12.1. The summed E-state index contributed by atoms with van der Waals surface area (Å²) in [7, 11) is 3.18. The summed E-state index contributed by atoms with van der Waals surface area (Å²) in [5.41, 5.74) is -0.544. The van der Waals surface area contributed by atoms with Crippen LogP contribution in [0.2, 0.25) is 0 Å².